The van der Waals surface area contributed by atoms with E-state index in [4.69, 9.17) is 23.2 Å². The lowest BCUT2D eigenvalue weighted by molar-refractivity contribution is 0.0938. The molecule has 1 saturated heterocycles. The zero-order valence-corrected chi connectivity index (χ0v) is 10.9. The van der Waals surface area contributed by atoms with Gasteiger partial charge in [0.25, 0.3) is 5.91 Å². The second kappa shape index (κ2) is 5.21. The summed E-state index contributed by atoms with van der Waals surface area (Å²) in [7, 11) is 2.03. The van der Waals surface area contributed by atoms with Crippen LogP contribution >= 0.6 is 23.2 Å². The van der Waals surface area contributed by atoms with Crippen molar-refractivity contribution in [1.29, 1.82) is 0 Å². The van der Waals surface area contributed by atoms with Crippen LogP contribution in [0.1, 0.15) is 16.8 Å². The van der Waals surface area contributed by atoms with Gasteiger partial charge in [0.2, 0.25) is 0 Å². The number of halogens is 2. The molecular weight excluding hydrogens is 261 g/mol. The van der Waals surface area contributed by atoms with Crippen molar-refractivity contribution in [1.82, 2.24) is 15.2 Å². The number of likely N-dealkylation sites (N-methyl/N-ethyl adjacent to an activating group) is 1. The molecule has 0 saturated carbocycles. The Morgan fingerprint density at radius 1 is 1.59 bits per heavy atom. The third kappa shape index (κ3) is 3.09. The Hall–Kier alpha value is -0.840. The second-order valence-electron chi connectivity index (χ2n) is 4.21. The van der Waals surface area contributed by atoms with Crippen LogP contribution in [-0.2, 0) is 0 Å². The maximum absolute atomic E-state index is 12.0. The van der Waals surface area contributed by atoms with Crippen LogP contribution in [0.15, 0.2) is 12.3 Å². The molecule has 1 aliphatic heterocycles. The van der Waals surface area contributed by atoms with E-state index in [1.54, 1.807) is 0 Å². The fraction of sp³-hybridized carbons (Fsp3) is 0.455. The minimum atomic E-state index is -0.195. The number of pyridine rings is 1. The third-order valence-corrected chi connectivity index (χ3v) is 3.30. The summed E-state index contributed by atoms with van der Waals surface area (Å²) >= 11 is 11.7. The summed E-state index contributed by atoms with van der Waals surface area (Å²) in [5.74, 6) is -0.195. The predicted octanol–water partition coefficient (Wildman–Crippen LogP) is 1.82. The zero-order valence-electron chi connectivity index (χ0n) is 9.41. The molecule has 17 heavy (non-hydrogen) atoms. The first-order chi connectivity index (χ1) is 8.06. The Labute approximate surface area is 110 Å². The van der Waals surface area contributed by atoms with Crippen LogP contribution in [0.5, 0.6) is 0 Å². The lowest BCUT2D eigenvalue weighted by Gasteiger charge is -2.13. The average Bonchev–Trinajstić information content (AvgIpc) is 2.67. The molecule has 1 aromatic rings. The highest BCUT2D eigenvalue weighted by Gasteiger charge is 2.22. The van der Waals surface area contributed by atoms with Gasteiger partial charge in [-0.3, -0.25) is 4.79 Å². The molecule has 1 aromatic heterocycles. The predicted molar refractivity (Wildman–Crippen MR) is 67.6 cm³/mol. The molecule has 1 N–H and O–H groups in total. The van der Waals surface area contributed by atoms with Crippen molar-refractivity contribution >= 4 is 29.1 Å². The largest absolute Gasteiger partial charge is 0.348 e. The van der Waals surface area contributed by atoms with Gasteiger partial charge in [-0.15, -0.1) is 0 Å². The number of likely N-dealkylation sites (tertiary alicyclic amines) is 1. The molecule has 92 valence electrons. The van der Waals surface area contributed by atoms with E-state index in [9.17, 15) is 4.79 Å². The number of aromatic nitrogens is 1. The SMILES string of the molecule is CN1CCC(NC(=O)c2cc(Cl)ncc2Cl)C1. The van der Waals surface area contributed by atoms with Gasteiger partial charge in [-0.2, -0.15) is 0 Å². The Kier molecular flexibility index (Phi) is 3.86. The molecule has 0 radical (unpaired) electrons. The third-order valence-electron chi connectivity index (χ3n) is 2.79. The van der Waals surface area contributed by atoms with Gasteiger partial charge in [-0.1, -0.05) is 23.2 Å². The maximum Gasteiger partial charge on any atom is 0.253 e. The fourth-order valence-corrected chi connectivity index (χ4v) is 2.25. The number of nitrogens with zero attached hydrogens (tertiary/aromatic N) is 2. The summed E-state index contributed by atoms with van der Waals surface area (Å²) in [6.45, 7) is 1.86. The fourth-order valence-electron chi connectivity index (χ4n) is 1.90. The Morgan fingerprint density at radius 2 is 2.35 bits per heavy atom. The molecule has 0 aromatic carbocycles. The number of hydrogen-bond donors (Lipinski definition) is 1. The molecular formula is C11H13Cl2N3O. The topological polar surface area (TPSA) is 45.2 Å². The quantitative estimate of drug-likeness (QED) is 0.837. The number of hydrogen-bond acceptors (Lipinski definition) is 3. The molecule has 1 fully saturated rings. The number of carbonyl (C=O) groups is 1. The van der Waals surface area contributed by atoms with Gasteiger partial charge in [0, 0.05) is 18.8 Å². The van der Waals surface area contributed by atoms with Crippen LogP contribution in [0.3, 0.4) is 0 Å². The molecule has 1 unspecified atom stereocenters. The lowest BCUT2D eigenvalue weighted by atomic mass is 10.2. The minimum Gasteiger partial charge on any atom is -0.348 e. The highest BCUT2D eigenvalue weighted by Crippen LogP contribution is 2.18. The van der Waals surface area contributed by atoms with Crippen LogP contribution in [0.4, 0.5) is 0 Å². The first kappa shape index (κ1) is 12.6. The smallest absolute Gasteiger partial charge is 0.253 e. The van der Waals surface area contributed by atoms with Gasteiger partial charge in [-0.25, -0.2) is 4.98 Å². The van der Waals surface area contributed by atoms with E-state index in [0.717, 1.165) is 19.5 Å². The van der Waals surface area contributed by atoms with Gasteiger partial charge in [0.1, 0.15) is 5.15 Å². The van der Waals surface area contributed by atoms with Gasteiger partial charge < -0.3 is 10.2 Å². The molecule has 2 heterocycles. The summed E-state index contributed by atoms with van der Waals surface area (Å²) in [4.78, 5) is 18.0. The standard InChI is InChI=1S/C11H13Cl2N3O/c1-16-3-2-7(6-16)15-11(17)8-4-10(13)14-5-9(8)12/h4-5,7H,2-3,6H2,1H3,(H,15,17). The summed E-state index contributed by atoms with van der Waals surface area (Å²) in [5.41, 5.74) is 0.376. The van der Waals surface area contributed by atoms with E-state index in [1.807, 2.05) is 7.05 Å². The van der Waals surface area contributed by atoms with Crippen LogP contribution in [-0.4, -0.2) is 42.0 Å². The first-order valence-corrected chi connectivity index (χ1v) is 6.12. The molecule has 1 aliphatic rings. The molecule has 0 bridgehead atoms. The van der Waals surface area contributed by atoms with Crippen LogP contribution < -0.4 is 5.32 Å². The first-order valence-electron chi connectivity index (χ1n) is 5.36. The van der Waals surface area contributed by atoms with Crippen molar-refractivity contribution in [2.75, 3.05) is 20.1 Å². The van der Waals surface area contributed by atoms with E-state index in [-0.39, 0.29) is 17.1 Å². The summed E-state index contributed by atoms with van der Waals surface area (Å²) in [5, 5.41) is 3.53. The molecule has 6 heteroatoms. The Balaban J connectivity index is 2.06. The maximum atomic E-state index is 12.0. The number of carbonyl (C=O) groups excluding carboxylic acids is 1. The number of nitrogens with one attached hydrogen (secondary N) is 1. The van der Waals surface area contributed by atoms with E-state index in [2.05, 4.69) is 15.2 Å². The van der Waals surface area contributed by atoms with Crippen LogP contribution in [0.2, 0.25) is 10.2 Å². The van der Waals surface area contributed by atoms with Crippen molar-refractivity contribution < 1.29 is 4.79 Å². The van der Waals surface area contributed by atoms with Crippen LogP contribution in [0.25, 0.3) is 0 Å². The van der Waals surface area contributed by atoms with E-state index in [1.165, 1.54) is 12.3 Å². The normalized spacial score (nSPS) is 20.5. The van der Waals surface area contributed by atoms with Gasteiger partial charge in [-0.05, 0) is 26.1 Å². The molecule has 2 rings (SSSR count). The molecule has 1 amide bonds. The molecule has 0 spiro atoms. The highest BCUT2D eigenvalue weighted by atomic mass is 35.5. The van der Waals surface area contributed by atoms with Crippen molar-refractivity contribution in [3.8, 4) is 0 Å². The van der Waals surface area contributed by atoms with Crippen LogP contribution in [0, 0.1) is 0 Å². The van der Waals surface area contributed by atoms with E-state index in [0.29, 0.717) is 10.6 Å². The molecule has 4 nitrogen and oxygen atoms in total. The monoisotopic (exact) mass is 273 g/mol. The van der Waals surface area contributed by atoms with Gasteiger partial charge in [0.15, 0.2) is 0 Å². The Morgan fingerprint density at radius 3 is 3.00 bits per heavy atom. The summed E-state index contributed by atoms with van der Waals surface area (Å²) in [6.07, 6.45) is 2.35. The molecule has 1 atom stereocenters. The summed E-state index contributed by atoms with van der Waals surface area (Å²) < 4.78 is 0. The van der Waals surface area contributed by atoms with Crippen molar-refractivity contribution in [2.24, 2.45) is 0 Å². The van der Waals surface area contributed by atoms with Crippen molar-refractivity contribution in [2.45, 2.75) is 12.5 Å². The van der Waals surface area contributed by atoms with Gasteiger partial charge >= 0.3 is 0 Å². The minimum absolute atomic E-state index is 0.176. The van der Waals surface area contributed by atoms with E-state index >= 15 is 0 Å². The Bertz CT molecular complexity index is 439. The number of rotatable bonds is 2. The zero-order chi connectivity index (χ0) is 12.4. The van der Waals surface area contributed by atoms with E-state index < -0.39 is 0 Å². The second-order valence-corrected chi connectivity index (χ2v) is 5.00. The van der Waals surface area contributed by atoms with Crippen molar-refractivity contribution in [3.63, 3.8) is 0 Å². The number of amides is 1. The summed E-state index contributed by atoms with van der Waals surface area (Å²) in [6, 6.07) is 1.66. The van der Waals surface area contributed by atoms with Gasteiger partial charge in [0.05, 0.1) is 10.6 Å². The molecule has 0 aliphatic carbocycles. The van der Waals surface area contributed by atoms with Crippen molar-refractivity contribution in [3.05, 3.63) is 28.0 Å². The lowest BCUT2D eigenvalue weighted by Crippen LogP contribution is -2.36. The highest BCUT2D eigenvalue weighted by molar-refractivity contribution is 6.35. The average molecular weight is 274 g/mol.